The van der Waals surface area contributed by atoms with Crippen molar-refractivity contribution in [2.24, 2.45) is 16.6 Å². The van der Waals surface area contributed by atoms with Gasteiger partial charge in [0.1, 0.15) is 0 Å². The van der Waals surface area contributed by atoms with Crippen LogP contribution in [0.3, 0.4) is 0 Å². The Hall–Kier alpha value is -0.770. The summed E-state index contributed by atoms with van der Waals surface area (Å²) in [5.41, 5.74) is 5.74. The van der Waals surface area contributed by atoms with Gasteiger partial charge < -0.3 is 15.8 Å². The van der Waals surface area contributed by atoms with Crippen molar-refractivity contribution in [1.29, 1.82) is 0 Å². The lowest BCUT2D eigenvalue weighted by Crippen LogP contribution is -2.34. The number of hydrogen-bond donors (Lipinski definition) is 2. The molecule has 0 aromatic carbocycles. The fourth-order valence-corrected chi connectivity index (χ4v) is 1.64. The topological polar surface area (TPSA) is 59.6 Å². The third kappa shape index (κ3) is 3.18. The number of hydrogen-bond acceptors (Lipinski definition) is 2. The number of nitrogens with one attached hydrogen (secondary N) is 1. The van der Waals surface area contributed by atoms with Crippen molar-refractivity contribution >= 4 is 5.96 Å². The Morgan fingerprint density at radius 1 is 1.29 bits per heavy atom. The van der Waals surface area contributed by atoms with Crippen molar-refractivity contribution < 1.29 is 4.74 Å². The lowest BCUT2D eigenvalue weighted by atomic mass is 10.0. The minimum absolute atomic E-state index is 0.605. The van der Waals surface area contributed by atoms with Gasteiger partial charge in [-0.3, -0.25) is 4.99 Å². The van der Waals surface area contributed by atoms with Gasteiger partial charge in [0.25, 0.3) is 0 Å². The van der Waals surface area contributed by atoms with E-state index in [9.17, 15) is 0 Å². The van der Waals surface area contributed by atoms with Crippen LogP contribution in [0.5, 0.6) is 0 Å². The number of nitrogens with zero attached hydrogens (tertiary/aromatic N) is 1. The van der Waals surface area contributed by atoms with Crippen molar-refractivity contribution in [1.82, 2.24) is 5.32 Å². The number of nitrogens with two attached hydrogens (primary N) is 1. The molecule has 0 aromatic rings. The number of aliphatic imine (C=N–C) groups is 1. The van der Waals surface area contributed by atoms with E-state index in [4.69, 9.17) is 10.5 Å². The smallest absolute Gasteiger partial charge is 0.188 e. The molecule has 1 aliphatic carbocycles. The SMILES string of the molecule is NC(=NCC1CCOCC1)NC1CC1. The van der Waals surface area contributed by atoms with Crippen molar-refractivity contribution in [3.05, 3.63) is 0 Å². The molecule has 2 fully saturated rings. The second-order valence-electron chi connectivity index (χ2n) is 4.20. The maximum Gasteiger partial charge on any atom is 0.188 e. The third-order valence-corrected chi connectivity index (χ3v) is 2.79. The Morgan fingerprint density at radius 3 is 2.64 bits per heavy atom. The van der Waals surface area contributed by atoms with E-state index in [0.29, 0.717) is 17.9 Å². The predicted molar refractivity (Wildman–Crippen MR) is 56.2 cm³/mol. The van der Waals surface area contributed by atoms with Gasteiger partial charge in [0.2, 0.25) is 0 Å². The van der Waals surface area contributed by atoms with Crippen LogP contribution in [0.2, 0.25) is 0 Å². The maximum atomic E-state index is 5.74. The van der Waals surface area contributed by atoms with E-state index in [1.165, 1.54) is 12.8 Å². The molecule has 0 aromatic heterocycles. The van der Waals surface area contributed by atoms with E-state index in [2.05, 4.69) is 10.3 Å². The molecule has 1 heterocycles. The first-order valence-electron chi connectivity index (χ1n) is 5.49. The standard InChI is InChI=1S/C10H19N3O/c11-10(13-9-1-2-9)12-7-8-3-5-14-6-4-8/h8-9H,1-7H2,(H3,11,12,13). The Labute approximate surface area is 84.9 Å². The molecular formula is C10H19N3O. The second-order valence-corrected chi connectivity index (χ2v) is 4.20. The quantitative estimate of drug-likeness (QED) is 0.511. The van der Waals surface area contributed by atoms with Crippen LogP contribution < -0.4 is 11.1 Å². The molecule has 3 N–H and O–H groups in total. The Kier molecular flexibility index (Phi) is 3.24. The van der Waals surface area contributed by atoms with E-state index in [1.54, 1.807) is 0 Å². The maximum absolute atomic E-state index is 5.74. The Balaban J connectivity index is 1.67. The van der Waals surface area contributed by atoms with Crippen LogP contribution >= 0.6 is 0 Å². The lowest BCUT2D eigenvalue weighted by molar-refractivity contribution is 0.0689. The fraction of sp³-hybridized carbons (Fsp3) is 0.900. The highest BCUT2D eigenvalue weighted by Gasteiger charge is 2.21. The fourth-order valence-electron chi connectivity index (χ4n) is 1.64. The molecule has 80 valence electrons. The summed E-state index contributed by atoms with van der Waals surface area (Å²) in [4.78, 5) is 4.36. The van der Waals surface area contributed by atoms with Crippen LogP contribution in [0.15, 0.2) is 4.99 Å². The molecule has 0 bridgehead atoms. The number of guanidine groups is 1. The highest BCUT2D eigenvalue weighted by molar-refractivity contribution is 5.78. The van der Waals surface area contributed by atoms with E-state index >= 15 is 0 Å². The zero-order valence-electron chi connectivity index (χ0n) is 8.54. The first kappa shape index (κ1) is 9.77. The minimum Gasteiger partial charge on any atom is -0.381 e. The van der Waals surface area contributed by atoms with Crippen LogP contribution in [-0.4, -0.2) is 31.8 Å². The van der Waals surface area contributed by atoms with Gasteiger partial charge in [-0.1, -0.05) is 0 Å². The normalized spacial score (nSPS) is 25.0. The summed E-state index contributed by atoms with van der Waals surface area (Å²) in [7, 11) is 0. The summed E-state index contributed by atoms with van der Waals surface area (Å²) in [6, 6.07) is 0.605. The molecule has 4 nitrogen and oxygen atoms in total. The monoisotopic (exact) mass is 197 g/mol. The van der Waals surface area contributed by atoms with Crippen LogP contribution in [0, 0.1) is 5.92 Å². The van der Waals surface area contributed by atoms with Crippen LogP contribution in [-0.2, 0) is 4.74 Å². The molecule has 2 rings (SSSR count). The minimum atomic E-state index is 0.605. The molecule has 0 amide bonds. The van der Waals surface area contributed by atoms with Gasteiger partial charge in [0, 0.05) is 25.8 Å². The van der Waals surface area contributed by atoms with E-state index in [0.717, 1.165) is 32.6 Å². The molecule has 0 unspecified atom stereocenters. The number of ether oxygens (including phenoxy) is 1. The molecule has 0 atom stereocenters. The van der Waals surface area contributed by atoms with Crippen molar-refractivity contribution in [2.75, 3.05) is 19.8 Å². The first-order chi connectivity index (χ1) is 6.84. The van der Waals surface area contributed by atoms with E-state index in [-0.39, 0.29) is 0 Å². The predicted octanol–water partition coefficient (Wildman–Crippen LogP) is 0.480. The zero-order valence-corrected chi connectivity index (χ0v) is 8.54. The summed E-state index contributed by atoms with van der Waals surface area (Å²) in [5, 5.41) is 3.19. The molecule has 1 saturated carbocycles. The second kappa shape index (κ2) is 4.64. The van der Waals surface area contributed by atoms with Gasteiger partial charge in [0.15, 0.2) is 5.96 Å². The molecular weight excluding hydrogens is 178 g/mol. The summed E-state index contributed by atoms with van der Waals surface area (Å²) >= 11 is 0. The molecule has 0 radical (unpaired) electrons. The zero-order chi connectivity index (χ0) is 9.80. The van der Waals surface area contributed by atoms with Gasteiger partial charge in [-0.05, 0) is 31.6 Å². The molecule has 0 spiro atoms. The van der Waals surface area contributed by atoms with Gasteiger partial charge >= 0.3 is 0 Å². The average molecular weight is 197 g/mol. The molecule has 1 saturated heterocycles. The van der Waals surface area contributed by atoms with Gasteiger partial charge in [-0.2, -0.15) is 0 Å². The van der Waals surface area contributed by atoms with Crippen molar-refractivity contribution in [3.63, 3.8) is 0 Å². The van der Waals surface area contributed by atoms with Gasteiger partial charge in [-0.25, -0.2) is 0 Å². The highest BCUT2D eigenvalue weighted by Crippen LogP contribution is 2.18. The van der Waals surface area contributed by atoms with E-state index < -0.39 is 0 Å². The highest BCUT2D eigenvalue weighted by atomic mass is 16.5. The molecule has 14 heavy (non-hydrogen) atoms. The number of rotatable bonds is 3. The van der Waals surface area contributed by atoms with Crippen LogP contribution in [0.25, 0.3) is 0 Å². The molecule has 2 aliphatic rings. The summed E-state index contributed by atoms with van der Waals surface area (Å²) in [5.74, 6) is 1.29. The summed E-state index contributed by atoms with van der Waals surface area (Å²) < 4.78 is 5.29. The molecule has 1 aliphatic heterocycles. The van der Waals surface area contributed by atoms with Gasteiger partial charge in [-0.15, -0.1) is 0 Å². The van der Waals surface area contributed by atoms with Crippen LogP contribution in [0.4, 0.5) is 0 Å². The Morgan fingerprint density at radius 2 is 2.00 bits per heavy atom. The average Bonchev–Trinajstić information content (AvgIpc) is 3.00. The van der Waals surface area contributed by atoms with Crippen molar-refractivity contribution in [3.8, 4) is 0 Å². The first-order valence-corrected chi connectivity index (χ1v) is 5.49. The van der Waals surface area contributed by atoms with Gasteiger partial charge in [0.05, 0.1) is 0 Å². The summed E-state index contributed by atoms with van der Waals surface area (Å²) in [6.45, 7) is 2.63. The summed E-state index contributed by atoms with van der Waals surface area (Å²) in [6.07, 6.45) is 4.74. The third-order valence-electron chi connectivity index (χ3n) is 2.79. The molecule has 4 heteroatoms. The largest absolute Gasteiger partial charge is 0.381 e. The van der Waals surface area contributed by atoms with E-state index in [1.807, 2.05) is 0 Å². The van der Waals surface area contributed by atoms with Crippen LogP contribution in [0.1, 0.15) is 25.7 Å². The van der Waals surface area contributed by atoms with Crippen molar-refractivity contribution in [2.45, 2.75) is 31.7 Å². The Bertz CT molecular complexity index is 207. The lowest BCUT2D eigenvalue weighted by Gasteiger charge is -2.20.